The third kappa shape index (κ3) is 6.93. The number of carbonyl (C=O) groups excluding carboxylic acids is 1. The van der Waals surface area contributed by atoms with Crippen molar-refractivity contribution in [2.45, 2.75) is 25.8 Å². The highest BCUT2D eigenvalue weighted by atomic mass is 35.5. The number of fused-ring (bicyclic) bond motifs is 1. The fraction of sp³-hybridized carbons (Fsp3) is 0.300. The van der Waals surface area contributed by atoms with Crippen LogP contribution in [-0.4, -0.2) is 78.9 Å². The smallest absolute Gasteiger partial charge is 0.412 e. The van der Waals surface area contributed by atoms with Crippen LogP contribution in [0, 0.1) is 0 Å². The van der Waals surface area contributed by atoms with Crippen LogP contribution in [0.4, 0.5) is 10.6 Å². The van der Waals surface area contributed by atoms with Crippen molar-refractivity contribution in [2.24, 2.45) is 0 Å². The zero-order chi connectivity index (χ0) is 31.2. The van der Waals surface area contributed by atoms with Crippen LogP contribution in [0.15, 0.2) is 66.0 Å². The first kappa shape index (κ1) is 30.1. The monoisotopic (exact) mass is 631 g/mol. The topological polar surface area (TPSA) is 164 Å². The Morgan fingerprint density at radius 1 is 1.04 bits per heavy atom. The number of aromatic nitrogens is 8. The predicted molar refractivity (Wildman–Crippen MR) is 164 cm³/mol. The van der Waals surface area contributed by atoms with Gasteiger partial charge in [0, 0.05) is 40.7 Å². The molecule has 0 unspecified atom stereocenters. The number of aromatic amines is 1. The number of tetrazole rings is 1. The lowest BCUT2D eigenvalue weighted by Crippen LogP contribution is -2.23. The Kier molecular flexibility index (Phi) is 9.24. The average molecular weight is 632 g/mol. The summed E-state index contributed by atoms with van der Waals surface area (Å²) in [5.74, 6) is 1.01. The van der Waals surface area contributed by atoms with Crippen molar-refractivity contribution in [3.63, 3.8) is 0 Å². The van der Waals surface area contributed by atoms with Crippen molar-refractivity contribution in [1.82, 2.24) is 39.7 Å². The first-order valence-electron chi connectivity index (χ1n) is 14.4. The molecular formula is C30H30ClN9O5. The van der Waals surface area contributed by atoms with Gasteiger partial charge in [-0.1, -0.05) is 11.6 Å². The van der Waals surface area contributed by atoms with Gasteiger partial charge in [-0.05, 0) is 72.2 Å². The fourth-order valence-corrected chi connectivity index (χ4v) is 5.37. The maximum atomic E-state index is 13.5. The molecule has 0 fully saturated rings. The largest absolute Gasteiger partial charge is 0.447 e. The molecule has 1 aromatic carbocycles. The van der Waals surface area contributed by atoms with Crippen LogP contribution in [0.3, 0.4) is 0 Å². The van der Waals surface area contributed by atoms with E-state index in [0.717, 1.165) is 28.1 Å². The third-order valence-electron chi connectivity index (χ3n) is 7.25. The molecule has 0 aliphatic carbocycles. The van der Waals surface area contributed by atoms with E-state index in [2.05, 4.69) is 35.8 Å². The van der Waals surface area contributed by atoms with E-state index in [1.807, 2.05) is 25.1 Å². The number of nitrogens with zero attached hydrogens (tertiary/aromatic N) is 7. The Morgan fingerprint density at radius 2 is 1.91 bits per heavy atom. The summed E-state index contributed by atoms with van der Waals surface area (Å²) in [5.41, 5.74) is 4.45. The standard InChI is InChI=1S/C30H30ClN9O5/c1-2-43-9-10-44-11-12-45-30(42)36-27-8-3-19(16-32-27)24-17-33-29(35-24)26-7-5-22-13-20(14-28(41)40(22)26)23-15-21(31)4-6-25(23)39-18-34-37-38-39/h3-4,6,8,13-18,26H,2,5,7,9-12H2,1H3,(H,33,35)(H,32,36,42)/t26-/m0/s1. The summed E-state index contributed by atoms with van der Waals surface area (Å²) in [6.45, 7) is 3.87. The molecule has 0 spiro atoms. The van der Waals surface area contributed by atoms with Crippen molar-refractivity contribution in [2.75, 3.05) is 38.4 Å². The van der Waals surface area contributed by atoms with Crippen LogP contribution < -0.4 is 10.9 Å². The summed E-state index contributed by atoms with van der Waals surface area (Å²) in [7, 11) is 0. The highest BCUT2D eigenvalue weighted by Crippen LogP contribution is 2.34. The second-order valence-corrected chi connectivity index (χ2v) is 10.5. The SMILES string of the molecule is CCOCCOCCOC(=O)Nc1ccc(-c2cnc([C@@H]3CCc4cc(-c5cc(Cl)ccc5-n5cnnn5)cc(=O)n43)[nH]2)cn1. The van der Waals surface area contributed by atoms with E-state index in [1.165, 1.54) is 11.0 Å². The summed E-state index contributed by atoms with van der Waals surface area (Å²) in [6, 6.07) is 12.2. The first-order valence-corrected chi connectivity index (χ1v) is 14.8. The number of hydrogen-bond acceptors (Lipinski definition) is 10. The molecule has 1 atom stereocenters. The van der Waals surface area contributed by atoms with Crippen molar-refractivity contribution in [1.29, 1.82) is 0 Å². The van der Waals surface area contributed by atoms with E-state index in [9.17, 15) is 9.59 Å². The number of imidazole rings is 1. The lowest BCUT2D eigenvalue weighted by molar-refractivity contribution is 0.0333. The van der Waals surface area contributed by atoms with Crippen LogP contribution in [0.2, 0.25) is 5.02 Å². The van der Waals surface area contributed by atoms with Crippen molar-refractivity contribution < 1.29 is 19.0 Å². The molecule has 4 aromatic heterocycles. The molecule has 5 aromatic rings. The number of pyridine rings is 2. The van der Waals surface area contributed by atoms with Gasteiger partial charge in [0.25, 0.3) is 5.56 Å². The summed E-state index contributed by atoms with van der Waals surface area (Å²) < 4.78 is 18.9. The van der Waals surface area contributed by atoms with Crippen LogP contribution in [0.5, 0.6) is 0 Å². The molecule has 232 valence electrons. The second-order valence-electron chi connectivity index (χ2n) is 10.1. The molecule has 0 bridgehead atoms. The van der Waals surface area contributed by atoms with Gasteiger partial charge in [-0.3, -0.25) is 10.1 Å². The average Bonchev–Trinajstić information content (AvgIpc) is 3.83. The van der Waals surface area contributed by atoms with Gasteiger partial charge < -0.3 is 23.8 Å². The molecule has 1 amide bonds. The Balaban J connectivity index is 1.12. The van der Waals surface area contributed by atoms with E-state index < -0.39 is 6.09 Å². The number of benzene rings is 1. The molecule has 1 aliphatic rings. The Morgan fingerprint density at radius 3 is 2.71 bits per heavy atom. The zero-order valence-electron chi connectivity index (χ0n) is 24.4. The third-order valence-corrected chi connectivity index (χ3v) is 7.49. The number of carbonyl (C=O) groups is 1. The molecule has 6 rings (SSSR count). The number of rotatable bonds is 12. The molecule has 14 nitrogen and oxygen atoms in total. The highest BCUT2D eigenvalue weighted by molar-refractivity contribution is 6.31. The minimum atomic E-state index is -0.622. The van der Waals surface area contributed by atoms with Gasteiger partial charge in [-0.25, -0.2) is 14.8 Å². The number of aryl methyl sites for hydroxylation is 1. The predicted octanol–water partition coefficient (Wildman–Crippen LogP) is 4.07. The van der Waals surface area contributed by atoms with Crippen LogP contribution in [0.25, 0.3) is 28.1 Å². The van der Waals surface area contributed by atoms with E-state index in [-0.39, 0.29) is 24.8 Å². The number of amides is 1. The van der Waals surface area contributed by atoms with Crippen molar-refractivity contribution in [3.05, 3.63) is 88.1 Å². The van der Waals surface area contributed by atoms with E-state index in [0.29, 0.717) is 55.0 Å². The summed E-state index contributed by atoms with van der Waals surface area (Å²) in [4.78, 5) is 37.8. The highest BCUT2D eigenvalue weighted by Gasteiger charge is 2.28. The molecule has 45 heavy (non-hydrogen) atoms. The minimum absolute atomic E-state index is 0.115. The van der Waals surface area contributed by atoms with Crippen LogP contribution in [-0.2, 0) is 20.6 Å². The van der Waals surface area contributed by atoms with Gasteiger partial charge in [-0.15, -0.1) is 5.10 Å². The Labute approximate surface area is 262 Å². The maximum Gasteiger partial charge on any atom is 0.412 e. The number of hydrogen-bond donors (Lipinski definition) is 2. The molecule has 2 N–H and O–H groups in total. The quantitative estimate of drug-likeness (QED) is 0.192. The molecule has 0 saturated carbocycles. The van der Waals surface area contributed by atoms with Crippen LogP contribution in [0.1, 0.15) is 30.9 Å². The number of nitrogens with one attached hydrogen (secondary N) is 2. The summed E-state index contributed by atoms with van der Waals surface area (Å²) in [5, 5.41) is 14.6. The van der Waals surface area contributed by atoms with Gasteiger partial charge in [0.1, 0.15) is 24.6 Å². The van der Waals surface area contributed by atoms with E-state index in [4.69, 9.17) is 25.8 Å². The first-order chi connectivity index (χ1) is 22.0. The number of ether oxygens (including phenoxy) is 3. The minimum Gasteiger partial charge on any atom is -0.447 e. The van der Waals surface area contributed by atoms with Gasteiger partial charge in [0.05, 0.1) is 43.4 Å². The summed E-state index contributed by atoms with van der Waals surface area (Å²) in [6.07, 6.45) is 5.61. The van der Waals surface area contributed by atoms with Gasteiger partial charge in [0.15, 0.2) is 0 Å². The molecular weight excluding hydrogens is 602 g/mol. The van der Waals surface area contributed by atoms with E-state index in [1.54, 1.807) is 41.2 Å². The number of anilines is 1. The molecule has 0 saturated heterocycles. The van der Waals surface area contributed by atoms with Gasteiger partial charge in [0.2, 0.25) is 0 Å². The number of halogens is 1. The molecule has 5 heterocycles. The Bertz CT molecular complexity index is 1820. The lowest BCUT2D eigenvalue weighted by atomic mass is 10.0. The van der Waals surface area contributed by atoms with Gasteiger partial charge >= 0.3 is 6.09 Å². The van der Waals surface area contributed by atoms with Gasteiger partial charge in [-0.2, -0.15) is 4.68 Å². The molecule has 0 radical (unpaired) electrons. The Hall–Kier alpha value is -4.92. The van der Waals surface area contributed by atoms with Crippen molar-refractivity contribution >= 4 is 23.5 Å². The molecule has 1 aliphatic heterocycles. The van der Waals surface area contributed by atoms with Crippen molar-refractivity contribution in [3.8, 4) is 28.1 Å². The summed E-state index contributed by atoms with van der Waals surface area (Å²) >= 11 is 6.32. The van der Waals surface area contributed by atoms with E-state index >= 15 is 0 Å². The normalized spacial score (nSPS) is 14.0. The fourth-order valence-electron chi connectivity index (χ4n) is 5.20. The zero-order valence-corrected chi connectivity index (χ0v) is 25.1. The number of H-pyrrole nitrogens is 1. The lowest BCUT2D eigenvalue weighted by Gasteiger charge is -2.15. The second kappa shape index (κ2) is 13.8. The molecule has 15 heteroatoms. The van der Waals surface area contributed by atoms with Crippen LogP contribution >= 0.6 is 11.6 Å². The maximum absolute atomic E-state index is 13.5.